The van der Waals surface area contributed by atoms with Gasteiger partial charge in [0, 0.05) is 13.2 Å². The standard InChI is InChI=1S/C23H36N2O3S.ClH/c1-17(24)25-21-20(29-23(25)27)13-12-19(22(21)26)11-7-2-3-8-15-28-16-14-18-9-5-4-6-10-18;/h12-13,17-18,26H,2-11,14-16,24H2,1H3;1H. The Labute approximate surface area is 190 Å². The van der Waals surface area contributed by atoms with Crippen molar-refractivity contribution in [3.05, 3.63) is 27.4 Å². The number of unbranched alkanes of at least 4 members (excludes halogenated alkanes) is 3. The molecule has 7 heteroatoms. The van der Waals surface area contributed by atoms with Crippen LogP contribution in [0.5, 0.6) is 5.75 Å². The van der Waals surface area contributed by atoms with E-state index in [1.165, 1.54) is 43.1 Å². The van der Waals surface area contributed by atoms with Crippen LogP contribution in [0.2, 0.25) is 0 Å². The molecule has 1 aliphatic carbocycles. The average Bonchev–Trinajstić information content (AvgIpc) is 3.06. The van der Waals surface area contributed by atoms with E-state index in [9.17, 15) is 9.90 Å². The average molecular weight is 457 g/mol. The van der Waals surface area contributed by atoms with Crippen molar-refractivity contribution in [3.63, 3.8) is 0 Å². The van der Waals surface area contributed by atoms with Crippen molar-refractivity contribution in [1.29, 1.82) is 0 Å². The molecule has 0 spiro atoms. The van der Waals surface area contributed by atoms with Crippen molar-refractivity contribution in [2.24, 2.45) is 11.7 Å². The minimum absolute atomic E-state index is 0. The van der Waals surface area contributed by atoms with Crippen molar-refractivity contribution in [2.75, 3.05) is 13.2 Å². The number of hydrogen-bond donors (Lipinski definition) is 2. The molecule has 3 N–H and O–H groups in total. The van der Waals surface area contributed by atoms with Gasteiger partial charge in [-0.25, -0.2) is 0 Å². The van der Waals surface area contributed by atoms with E-state index in [2.05, 4.69) is 0 Å². The van der Waals surface area contributed by atoms with Gasteiger partial charge in [-0.2, -0.15) is 0 Å². The minimum atomic E-state index is -0.449. The van der Waals surface area contributed by atoms with Crippen LogP contribution in [-0.4, -0.2) is 22.9 Å². The largest absolute Gasteiger partial charge is 0.505 e. The fourth-order valence-corrected chi connectivity index (χ4v) is 5.40. The molecule has 1 aromatic heterocycles. The first-order chi connectivity index (χ1) is 14.1. The molecule has 1 fully saturated rings. The third-order valence-corrected chi connectivity index (χ3v) is 7.04. The number of aromatic nitrogens is 1. The minimum Gasteiger partial charge on any atom is -0.505 e. The van der Waals surface area contributed by atoms with Gasteiger partial charge in [0.2, 0.25) is 0 Å². The number of ether oxygens (including phenoxy) is 1. The molecule has 1 saturated carbocycles. The van der Waals surface area contributed by atoms with Crippen molar-refractivity contribution in [2.45, 2.75) is 83.7 Å². The summed E-state index contributed by atoms with van der Waals surface area (Å²) in [6.45, 7) is 3.54. The molecule has 0 amide bonds. The van der Waals surface area contributed by atoms with Gasteiger partial charge in [0.05, 0.1) is 10.9 Å². The number of nitrogens with zero attached hydrogens (tertiary/aromatic N) is 1. The van der Waals surface area contributed by atoms with Crippen molar-refractivity contribution < 1.29 is 9.84 Å². The summed E-state index contributed by atoms with van der Waals surface area (Å²) in [6.07, 6.45) is 13.0. The molecule has 170 valence electrons. The van der Waals surface area contributed by atoms with Gasteiger partial charge in [0.1, 0.15) is 11.3 Å². The Morgan fingerprint density at radius 3 is 2.63 bits per heavy atom. The van der Waals surface area contributed by atoms with Gasteiger partial charge in [-0.05, 0) is 50.2 Å². The maximum absolute atomic E-state index is 12.1. The van der Waals surface area contributed by atoms with Crippen LogP contribution in [0, 0.1) is 5.92 Å². The van der Waals surface area contributed by atoms with Gasteiger partial charge in [0.25, 0.3) is 0 Å². The molecule has 0 bridgehead atoms. The number of halogens is 1. The number of rotatable bonds is 11. The number of benzene rings is 1. The van der Waals surface area contributed by atoms with Gasteiger partial charge >= 0.3 is 4.87 Å². The lowest BCUT2D eigenvalue weighted by molar-refractivity contribution is 0.110. The van der Waals surface area contributed by atoms with E-state index < -0.39 is 6.17 Å². The molecule has 1 aliphatic rings. The summed E-state index contributed by atoms with van der Waals surface area (Å²) in [6, 6.07) is 3.86. The zero-order chi connectivity index (χ0) is 20.6. The van der Waals surface area contributed by atoms with Crippen LogP contribution >= 0.6 is 23.7 Å². The number of aryl methyl sites for hydroxylation is 1. The summed E-state index contributed by atoms with van der Waals surface area (Å²) < 4.78 is 8.10. The first-order valence-electron chi connectivity index (χ1n) is 11.3. The summed E-state index contributed by atoms with van der Waals surface area (Å²) in [7, 11) is 0. The maximum atomic E-state index is 12.1. The summed E-state index contributed by atoms with van der Waals surface area (Å²) in [5.74, 6) is 1.11. The van der Waals surface area contributed by atoms with Gasteiger partial charge in [0.15, 0.2) is 0 Å². The second-order valence-electron chi connectivity index (χ2n) is 8.47. The number of aromatic hydroxyl groups is 1. The predicted octanol–water partition coefficient (Wildman–Crippen LogP) is 5.76. The Morgan fingerprint density at radius 1 is 1.17 bits per heavy atom. The lowest BCUT2D eigenvalue weighted by Crippen LogP contribution is -2.23. The fraction of sp³-hybridized carbons (Fsp3) is 0.696. The lowest BCUT2D eigenvalue weighted by atomic mass is 9.87. The van der Waals surface area contributed by atoms with Crippen molar-refractivity contribution in [1.82, 2.24) is 4.57 Å². The van der Waals surface area contributed by atoms with Crippen LogP contribution in [0.1, 0.15) is 82.9 Å². The normalized spacial score (nSPS) is 15.9. The highest BCUT2D eigenvalue weighted by molar-refractivity contribution is 7.16. The molecule has 3 rings (SSSR count). The highest BCUT2D eigenvalue weighted by Gasteiger charge is 2.16. The lowest BCUT2D eigenvalue weighted by Gasteiger charge is -2.21. The van der Waals surface area contributed by atoms with E-state index >= 15 is 0 Å². The monoisotopic (exact) mass is 456 g/mol. The van der Waals surface area contributed by atoms with Gasteiger partial charge in [-0.15, -0.1) is 12.4 Å². The third-order valence-electron chi connectivity index (χ3n) is 6.12. The van der Waals surface area contributed by atoms with Crippen LogP contribution < -0.4 is 10.6 Å². The maximum Gasteiger partial charge on any atom is 0.309 e. The van der Waals surface area contributed by atoms with Crippen LogP contribution in [-0.2, 0) is 11.2 Å². The molecule has 5 nitrogen and oxygen atoms in total. The summed E-state index contributed by atoms with van der Waals surface area (Å²) in [4.78, 5) is 12.0. The smallest absolute Gasteiger partial charge is 0.309 e. The number of phenols is 1. The van der Waals surface area contributed by atoms with E-state index in [4.69, 9.17) is 10.5 Å². The highest BCUT2D eigenvalue weighted by Crippen LogP contribution is 2.32. The Hall–Kier alpha value is -1.08. The molecule has 0 saturated heterocycles. The molecular formula is C23H37ClN2O3S. The van der Waals surface area contributed by atoms with Gasteiger partial charge < -0.3 is 15.6 Å². The molecule has 1 heterocycles. The van der Waals surface area contributed by atoms with E-state index in [1.807, 2.05) is 12.1 Å². The topological polar surface area (TPSA) is 77.5 Å². The molecular weight excluding hydrogens is 420 g/mol. The quantitative estimate of drug-likeness (QED) is 0.421. The van der Waals surface area contributed by atoms with E-state index in [0.29, 0.717) is 5.52 Å². The molecule has 30 heavy (non-hydrogen) atoms. The first kappa shape index (κ1) is 25.2. The highest BCUT2D eigenvalue weighted by atomic mass is 35.5. The van der Waals surface area contributed by atoms with Crippen LogP contribution in [0.3, 0.4) is 0 Å². The van der Waals surface area contributed by atoms with Crippen LogP contribution in [0.4, 0.5) is 0 Å². The molecule has 1 unspecified atom stereocenters. The number of phenolic OH excluding ortho intramolecular Hbond substituents is 1. The van der Waals surface area contributed by atoms with E-state index in [0.717, 1.165) is 72.8 Å². The number of nitrogens with two attached hydrogens (primary N) is 1. The Morgan fingerprint density at radius 2 is 1.90 bits per heavy atom. The van der Waals surface area contributed by atoms with E-state index in [-0.39, 0.29) is 23.0 Å². The summed E-state index contributed by atoms with van der Waals surface area (Å²) in [5, 5.41) is 10.7. The second-order valence-corrected chi connectivity index (χ2v) is 9.46. The number of fused-ring (bicyclic) bond motifs is 1. The summed E-state index contributed by atoms with van der Waals surface area (Å²) >= 11 is 1.13. The number of hydrogen-bond acceptors (Lipinski definition) is 5. The van der Waals surface area contributed by atoms with Crippen LogP contribution in [0.25, 0.3) is 10.2 Å². The SMILES string of the molecule is CC(N)n1c(=O)sc2ccc(CCCCCCOCCC3CCCCC3)c(O)c21.Cl. The zero-order valence-corrected chi connectivity index (χ0v) is 19.7. The predicted molar refractivity (Wildman–Crippen MR) is 128 cm³/mol. The third kappa shape index (κ3) is 6.71. The number of thiazole rings is 1. The van der Waals surface area contributed by atoms with Crippen molar-refractivity contribution >= 4 is 34.0 Å². The fourth-order valence-electron chi connectivity index (χ4n) is 4.43. The zero-order valence-electron chi connectivity index (χ0n) is 18.1. The van der Waals surface area contributed by atoms with E-state index in [1.54, 1.807) is 6.92 Å². The van der Waals surface area contributed by atoms with Crippen LogP contribution in [0.15, 0.2) is 16.9 Å². The molecule has 0 aliphatic heterocycles. The molecule has 1 atom stereocenters. The Balaban J connectivity index is 0.00000320. The molecule has 2 aromatic rings. The molecule has 0 radical (unpaired) electrons. The van der Waals surface area contributed by atoms with Crippen molar-refractivity contribution in [3.8, 4) is 5.75 Å². The Bertz CT molecular complexity index is 828. The molecule has 1 aromatic carbocycles. The van der Waals surface area contributed by atoms with Gasteiger partial charge in [-0.1, -0.05) is 62.3 Å². The Kier molecular flexibility index (Phi) is 10.7. The summed E-state index contributed by atoms with van der Waals surface area (Å²) in [5.41, 5.74) is 7.40. The second kappa shape index (κ2) is 12.7. The first-order valence-corrected chi connectivity index (χ1v) is 12.1. The van der Waals surface area contributed by atoms with Gasteiger partial charge in [-0.3, -0.25) is 9.36 Å².